The maximum atomic E-state index is 14.1. The van der Waals surface area contributed by atoms with E-state index in [0.717, 1.165) is 19.6 Å². The van der Waals surface area contributed by atoms with Crippen molar-refractivity contribution < 1.29 is 9.13 Å². The highest BCUT2D eigenvalue weighted by Gasteiger charge is 2.59. The van der Waals surface area contributed by atoms with Crippen molar-refractivity contribution in [3.05, 3.63) is 35.1 Å². The van der Waals surface area contributed by atoms with Crippen LogP contribution in [0.5, 0.6) is 0 Å². The van der Waals surface area contributed by atoms with E-state index in [9.17, 15) is 4.39 Å². The molecule has 0 amide bonds. The van der Waals surface area contributed by atoms with Crippen LogP contribution >= 0.6 is 0 Å². The summed E-state index contributed by atoms with van der Waals surface area (Å²) in [6, 6.07) is 6.81. The topological polar surface area (TPSA) is 69.4 Å². The van der Waals surface area contributed by atoms with Crippen molar-refractivity contribution in [2.24, 2.45) is 10.4 Å². The van der Waals surface area contributed by atoms with E-state index in [1.165, 1.54) is 25.3 Å². The molecule has 0 heterocycles. The van der Waals surface area contributed by atoms with Crippen LogP contribution in [0.1, 0.15) is 50.7 Å². The van der Waals surface area contributed by atoms with Gasteiger partial charge in [-0.3, -0.25) is 0 Å². The molecule has 6 heteroatoms. The molecule has 3 rings (SSSR count). The summed E-state index contributed by atoms with van der Waals surface area (Å²) in [7, 11) is 0. The largest absolute Gasteiger partial charge is 0.378 e. The molecule has 0 radical (unpaired) electrons. The first kappa shape index (κ1) is 18.7. The minimum absolute atomic E-state index is 0.238. The highest BCUT2D eigenvalue weighted by Crippen LogP contribution is 2.57. The summed E-state index contributed by atoms with van der Waals surface area (Å²) >= 11 is 0. The second-order valence-electron chi connectivity index (χ2n) is 7.08. The Morgan fingerprint density at radius 2 is 2.23 bits per heavy atom. The van der Waals surface area contributed by atoms with Crippen LogP contribution in [0, 0.1) is 22.6 Å². The molecule has 26 heavy (non-hydrogen) atoms. The predicted molar refractivity (Wildman–Crippen MR) is 99.2 cm³/mol. The number of nitrogens with zero attached hydrogens (tertiary/aromatic N) is 2. The standard InChI is InChI=1S/C20H27FN4O/c1-3-23-19(24-13-15-7-6-14(12-22)10-16(15)21)25-17-11-18(26-4-2)20(17)8-5-9-20/h6-7,10,17-18H,3-5,8-9,11,13H2,1-2H3,(H2,23,24,25). The number of hydrogen-bond donors (Lipinski definition) is 2. The Bertz CT molecular complexity index is 708. The molecule has 2 unspecified atom stereocenters. The molecule has 2 atom stereocenters. The van der Waals surface area contributed by atoms with Crippen molar-refractivity contribution in [1.82, 2.24) is 10.6 Å². The lowest BCUT2D eigenvalue weighted by atomic mass is 9.51. The number of benzene rings is 1. The van der Waals surface area contributed by atoms with Gasteiger partial charge in [0, 0.05) is 30.2 Å². The second kappa shape index (κ2) is 8.05. The molecule has 0 saturated heterocycles. The fraction of sp³-hybridized carbons (Fsp3) is 0.600. The van der Waals surface area contributed by atoms with Gasteiger partial charge in [-0.25, -0.2) is 9.38 Å². The fourth-order valence-electron chi connectivity index (χ4n) is 4.04. The Labute approximate surface area is 154 Å². The smallest absolute Gasteiger partial charge is 0.191 e. The number of guanidine groups is 1. The Balaban J connectivity index is 1.66. The molecular weight excluding hydrogens is 331 g/mol. The summed E-state index contributed by atoms with van der Waals surface area (Å²) in [6.07, 6.45) is 4.98. The van der Waals surface area contributed by atoms with Crippen LogP contribution in [0.4, 0.5) is 4.39 Å². The van der Waals surface area contributed by atoms with E-state index in [-0.39, 0.29) is 17.8 Å². The highest BCUT2D eigenvalue weighted by atomic mass is 19.1. The van der Waals surface area contributed by atoms with E-state index < -0.39 is 0 Å². The van der Waals surface area contributed by atoms with Crippen LogP contribution in [0.25, 0.3) is 0 Å². The maximum absolute atomic E-state index is 14.1. The van der Waals surface area contributed by atoms with Gasteiger partial charge in [0.25, 0.3) is 0 Å². The molecule has 2 fully saturated rings. The van der Waals surface area contributed by atoms with E-state index in [1.807, 2.05) is 19.9 Å². The molecule has 0 aliphatic heterocycles. The Hall–Kier alpha value is -2.13. The Kier molecular flexibility index (Phi) is 5.77. The van der Waals surface area contributed by atoms with Crippen LogP contribution in [-0.4, -0.2) is 31.3 Å². The van der Waals surface area contributed by atoms with Gasteiger partial charge in [0.1, 0.15) is 5.82 Å². The highest BCUT2D eigenvalue weighted by molar-refractivity contribution is 5.80. The van der Waals surface area contributed by atoms with Crippen molar-refractivity contribution in [3.63, 3.8) is 0 Å². The van der Waals surface area contributed by atoms with Crippen molar-refractivity contribution in [3.8, 4) is 6.07 Å². The van der Waals surface area contributed by atoms with Gasteiger partial charge in [-0.15, -0.1) is 0 Å². The Morgan fingerprint density at radius 3 is 2.81 bits per heavy atom. The third kappa shape index (κ3) is 3.54. The number of halogens is 1. The SMILES string of the molecule is CCNC(=NCc1ccc(C#N)cc1F)NC1CC(OCC)C12CCC2. The average molecular weight is 358 g/mol. The van der Waals surface area contributed by atoms with Gasteiger partial charge in [0.15, 0.2) is 5.96 Å². The summed E-state index contributed by atoms with van der Waals surface area (Å²) in [5.74, 6) is 0.321. The molecule has 2 aliphatic rings. The zero-order chi connectivity index (χ0) is 18.6. The number of nitrogens with one attached hydrogen (secondary N) is 2. The fourth-order valence-corrected chi connectivity index (χ4v) is 4.04. The quantitative estimate of drug-likeness (QED) is 0.606. The van der Waals surface area contributed by atoms with E-state index >= 15 is 0 Å². The van der Waals surface area contributed by atoms with Crippen LogP contribution < -0.4 is 10.6 Å². The van der Waals surface area contributed by atoms with Gasteiger partial charge in [-0.1, -0.05) is 12.5 Å². The summed E-state index contributed by atoms with van der Waals surface area (Å²) in [4.78, 5) is 4.55. The van der Waals surface area contributed by atoms with Crippen molar-refractivity contribution in [1.29, 1.82) is 5.26 Å². The van der Waals surface area contributed by atoms with E-state index in [1.54, 1.807) is 12.1 Å². The molecule has 0 aromatic heterocycles. The lowest BCUT2D eigenvalue weighted by molar-refractivity contribution is -0.168. The number of aliphatic imine (C=N–C) groups is 1. The van der Waals surface area contributed by atoms with Gasteiger partial charge in [0.2, 0.25) is 0 Å². The number of ether oxygens (including phenoxy) is 1. The Morgan fingerprint density at radius 1 is 1.42 bits per heavy atom. The maximum Gasteiger partial charge on any atom is 0.191 e. The van der Waals surface area contributed by atoms with Crippen LogP contribution in [0.2, 0.25) is 0 Å². The zero-order valence-corrected chi connectivity index (χ0v) is 15.5. The van der Waals surface area contributed by atoms with Gasteiger partial charge in [0.05, 0.1) is 24.3 Å². The first-order valence-electron chi connectivity index (χ1n) is 9.48. The first-order valence-corrected chi connectivity index (χ1v) is 9.48. The summed E-state index contributed by atoms with van der Waals surface area (Å²) in [5, 5.41) is 15.6. The summed E-state index contributed by atoms with van der Waals surface area (Å²) in [6.45, 7) is 5.80. The molecule has 140 valence electrons. The second-order valence-corrected chi connectivity index (χ2v) is 7.08. The number of hydrogen-bond acceptors (Lipinski definition) is 3. The minimum Gasteiger partial charge on any atom is -0.378 e. The van der Waals surface area contributed by atoms with Crippen molar-refractivity contribution in [2.45, 2.75) is 58.2 Å². The molecule has 1 aromatic carbocycles. The van der Waals surface area contributed by atoms with Crippen LogP contribution in [0.15, 0.2) is 23.2 Å². The molecule has 0 bridgehead atoms. The van der Waals surface area contributed by atoms with Gasteiger partial charge >= 0.3 is 0 Å². The van der Waals surface area contributed by atoms with Gasteiger partial charge in [-0.05, 0) is 45.2 Å². The monoisotopic (exact) mass is 358 g/mol. The number of nitriles is 1. The molecule has 2 saturated carbocycles. The first-order chi connectivity index (χ1) is 12.6. The third-order valence-corrected chi connectivity index (χ3v) is 5.68. The van der Waals surface area contributed by atoms with Crippen LogP contribution in [-0.2, 0) is 11.3 Å². The van der Waals surface area contributed by atoms with E-state index in [0.29, 0.717) is 29.2 Å². The molecule has 1 spiro atoms. The van der Waals surface area contributed by atoms with Crippen molar-refractivity contribution >= 4 is 5.96 Å². The van der Waals surface area contributed by atoms with E-state index in [4.69, 9.17) is 10.00 Å². The van der Waals surface area contributed by atoms with Crippen molar-refractivity contribution in [2.75, 3.05) is 13.2 Å². The lowest BCUT2D eigenvalue weighted by Crippen LogP contribution is -2.68. The number of rotatable bonds is 6. The molecular formula is C20H27FN4O. The summed E-state index contributed by atoms with van der Waals surface area (Å²) in [5.41, 5.74) is 1.05. The predicted octanol–water partition coefficient (Wildman–Crippen LogP) is 3.10. The molecule has 2 aliphatic carbocycles. The molecule has 2 N–H and O–H groups in total. The normalized spacial score (nSPS) is 23.7. The van der Waals surface area contributed by atoms with Gasteiger partial charge in [-0.2, -0.15) is 5.26 Å². The van der Waals surface area contributed by atoms with Crippen LogP contribution in [0.3, 0.4) is 0 Å². The lowest BCUT2D eigenvalue weighted by Gasteiger charge is -2.61. The minimum atomic E-state index is -0.390. The van der Waals surface area contributed by atoms with Gasteiger partial charge < -0.3 is 15.4 Å². The molecule has 1 aromatic rings. The average Bonchev–Trinajstić information content (AvgIpc) is 2.57. The molecule has 5 nitrogen and oxygen atoms in total. The third-order valence-electron chi connectivity index (χ3n) is 5.68. The zero-order valence-electron chi connectivity index (χ0n) is 15.5. The summed E-state index contributed by atoms with van der Waals surface area (Å²) < 4.78 is 20.0. The van der Waals surface area contributed by atoms with E-state index in [2.05, 4.69) is 15.6 Å².